The summed E-state index contributed by atoms with van der Waals surface area (Å²) in [4.78, 5) is 2.55. The molecule has 21 heavy (non-hydrogen) atoms. The smallest absolute Gasteiger partial charge is 0.112 e. The standard InChI is InChI=1S/C16H26N4O/c1-16(2,3)19-9-7-13(8-10-19)20-12-14(17-18-20)15-6-4-5-11-21-15/h4-5,12-13,15H,6-11H2,1-3H3. The molecule has 0 aromatic carbocycles. The van der Waals surface area contributed by atoms with Crippen molar-refractivity contribution in [1.29, 1.82) is 0 Å². The van der Waals surface area contributed by atoms with Gasteiger partial charge in [0.15, 0.2) is 0 Å². The molecule has 1 saturated heterocycles. The van der Waals surface area contributed by atoms with Crippen molar-refractivity contribution in [2.24, 2.45) is 0 Å². The predicted octanol–water partition coefficient (Wildman–Crippen LogP) is 2.73. The van der Waals surface area contributed by atoms with E-state index in [-0.39, 0.29) is 11.6 Å². The first-order valence-electron chi connectivity index (χ1n) is 7.97. The summed E-state index contributed by atoms with van der Waals surface area (Å²) >= 11 is 0. The van der Waals surface area contributed by atoms with Crippen LogP contribution in [0.15, 0.2) is 18.3 Å². The van der Waals surface area contributed by atoms with Crippen molar-refractivity contribution >= 4 is 0 Å². The Kier molecular flexibility index (Phi) is 4.13. The van der Waals surface area contributed by atoms with E-state index in [1.165, 1.54) is 0 Å². The van der Waals surface area contributed by atoms with E-state index in [1.54, 1.807) is 0 Å². The number of hydrogen-bond acceptors (Lipinski definition) is 4. The molecular formula is C16H26N4O. The Morgan fingerprint density at radius 1 is 1.19 bits per heavy atom. The number of piperidine rings is 1. The van der Waals surface area contributed by atoms with Gasteiger partial charge in [0.2, 0.25) is 0 Å². The van der Waals surface area contributed by atoms with Crippen LogP contribution in [0.3, 0.4) is 0 Å². The highest BCUT2D eigenvalue weighted by Gasteiger charge is 2.28. The molecule has 5 heteroatoms. The molecule has 3 rings (SSSR count). The Balaban J connectivity index is 1.61. The van der Waals surface area contributed by atoms with Gasteiger partial charge in [0.1, 0.15) is 11.8 Å². The zero-order chi connectivity index (χ0) is 14.9. The van der Waals surface area contributed by atoms with Crippen molar-refractivity contribution in [2.45, 2.75) is 57.7 Å². The maximum absolute atomic E-state index is 5.72. The van der Waals surface area contributed by atoms with E-state index in [0.717, 1.165) is 38.0 Å². The van der Waals surface area contributed by atoms with Gasteiger partial charge >= 0.3 is 0 Å². The normalized spacial score (nSPS) is 25.4. The molecule has 0 aliphatic carbocycles. The van der Waals surface area contributed by atoms with E-state index >= 15 is 0 Å². The van der Waals surface area contributed by atoms with Crippen LogP contribution in [0.4, 0.5) is 0 Å². The first-order chi connectivity index (χ1) is 10.0. The van der Waals surface area contributed by atoms with Crippen molar-refractivity contribution in [3.8, 4) is 0 Å². The number of hydrogen-bond donors (Lipinski definition) is 0. The van der Waals surface area contributed by atoms with Crippen LogP contribution >= 0.6 is 0 Å². The molecule has 0 spiro atoms. The van der Waals surface area contributed by atoms with Crippen LogP contribution in [0.5, 0.6) is 0 Å². The van der Waals surface area contributed by atoms with Gasteiger partial charge in [-0.1, -0.05) is 17.4 Å². The highest BCUT2D eigenvalue weighted by Crippen LogP contribution is 2.28. The highest BCUT2D eigenvalue weighted by molar-refractivity contribution is 5.04. The van der Waals surface area contributed by atoms with Gasteiger partial charge in [0.05, 0.1) is 18.8 Å². The summed E-state index contributed by atoms with van der Waals surface area (Å²) in [6.07, 6.45) is 9.58. The molecule has 3 heterocycles. The molecule has 2 aliphatic heterocycles. The molecule has 0 amide bonds. The molecule has 5 nitrogen and oxygen atoms in total. The van der Waals surface area contributed by atoms with Crippen LogP contribution in [-0.2, 0) is 4.74 Å². The van der Waals surface area contributed by atoms with E-state index in [9.17, 15) is 0 Å². The molecule has 1 aromatic rings. The van der Waals surface area contributed by atoms with Gasteiger partial charge in [-0.15, -0.1) is 5.10 Å². The molecule has 1 aromatic heterocycles. The number of likely N-dealkylation sites (tertiary alicyclic amines) is 1. The summed E-state index contributed by atoms with van der Waals surface area (Å²) in [6, 6.07) is 0.476. The lowest BCUT2D eigenvalue weighted by Gasteiger charge is -2.40. The first kappa shape index (κ1) is 14.7. The van der Waals surface area contributed by atoms with Crippen molar-refractivity contribution in [1.82, 2.24) is 19.9 Å². The minimum Gasteiger partial charge on any atom is -0.367 e. The fraction of sp³-hybridized carbons (Fsp3) is 0.750. The topological polar surface area (TPSA) is 43.2 Å². The van der Waals surface area contributed by atoms with Gasteiger partial charge in [-0.05, 0) is 40.0 Å². The second-order valence-corrected chi connectivity index (χ2v) is 7.04. The minimum atomic E-state index is 0.0819. The van der Waals surface area contributed by atoms with Crippen LogP contribution in [0, 0.1) is 0 Å². The number of rotatable bonds is 2. The lowest BCUT2D eigenvalue weighted by molar-refractivity contribution is 0.0644. The number of aromatic nitrogens is 3. The largest absolute Gasteiger partial charge is 0.367 e. The van der Waals surface area contributed by atoms with E-state index in [4.69, 9.17) is 4.74 Å². The fourth-order valence-corrected chi connectivity index (χ4v) is 3.15. The Bertz CT molecular complexity index is 495. The van der Waals surface area contributed by atoms with Gasteiger partial charge in [-0.3, -0.25) is 4.90 Å². The van der Waals surface area contributed by atoms with Crippen LogP contribution < -0.4 is 0 Å². The fourth-order valence-electron chi connectivity index (χ4n) is 3.15. The van der Waals surface area contributed by atoms with Gasteiger partial charge in [0.25, 0.3) is 0 Å². The van der Waals surface area contributed by atoms with Crippen molar-refractivity contribution in [2.75, 3.05) is 19.7 Å². The highest BCUT2D eigenvalue weighted by atomic mass is 16.5. The maximum Gasteiger partial charge on any atom is 0.112 e. The van der Waals surface area contributed by atoms with Crippen LogP contribution in [0.2, 0.25) is 0 Å². The molecule has 1 fully saturated rings. The summed E-state index contributed by atoms with van der Waals surface area (Å²) < 4.78 is 7.77. The summed E-state index contributed by atoms with van der Waals surface area (Å²) in [5.74, 6) is 0. The summed E-state index contributed by atoms with van der Waals surface area (Å²) in [5.41, 5.74) is 1.23. The summed E-state index contributed by atoms with van der Waals surface area (Å²) in [7, 11) is 0. The first-order valence-corrected chi connectivity index (χ1v) is 7.97. The monoisotopic (exact) mass is 290 g/mol. The van der Waals surface area contributed by atoms with Crippen LogP contribution in [0.25, 0.3) is 0 Å². The lowest BCUT2D eigenvalue weighted by Crippen LogP contribution is -2.46. The molecule has 0 saturated carbocycles. The van der Waals surface area contributed by atoms with Crippen molar-refractivity contribution in [3.63, 3.8) is 0 Å². The average molecular weight is 290 g/mol. The van der Waals surface area contributed by atoms with Gasteiger partial charge in [0, 0.05) is 18.6 Å². The third-order valence-corrected chi connectivity index (χ3v) is 4.56. The van der Waals surface area contributed by atoms with Crippen molar-refractivity contribution < 1.29 is 4.74 Å². The second kappa shape index (κ2) is 5.89. The van der Waals surface area contributed by atoms with Crippen molar-refractivity contribution in [3.05, 3.63) is 24.0 Å². The van der Waals surface area contributed by atoms with Crippen LogP contribution in [-0.4, -0.2) is 45.1 Å². The quantitative estimate of drug-likeness (QED) is 0.786. The molecule has 2 aliphatic rings. The molecule has 1 atom stereocenters. The third-order valence-electron chi connectivity index (χ3n) is 4.56. The Labute approximate surface area is 127 Å². The maximum atomic E-state index is 5.72. The molecule has 1 unspecified atom stereocenters. The molecule has 116 valence electrons. The zero-order valence-electron chi connectivity index (χ0n) is 13.3. The van der Waals surface area contributed by atoms with E-state index in [0.29, 0.717) is 12.6 Å². The molecular weight excluding hydrogens is 264 g/mol. The molecule has 0 N–H and O–H groups in total. The SMILES string of the molecule is CC(C)(C)N1CCC(n2cc(C3CC=CCO3)nn2)CC1. The van der Waals surface area contributed by atoms with E-state index < -0.39 is 0 Å². The lowest BCUT2D eigenvalue weighted by atomic mass is 9.98. The summed E-state index contributed by atoms with van der Waals surface area (Å²) in [5, 5.41) is 8.67. The van der Waals surface area contributed by atoms with Gasteiger partial charge < -0.3 is 4.74 Å². The Morgan fingerprint density at radius 3 is 2.57 bits per heavy atom. The number of nitrogens with zero attached hydrogens (tertiary/aromatic N) is 4. The summed E-state index contributed by atoms with van der Waals surface area (Å²) in [6.45, 7) is 9.80. The Hall–Kier alpha value is -1.20. The molecule has 0 bridgehead atoms. The molecule has 0 radical (unpaired) electrons. The minimum absolute atomic E-state index is 0.0819. The average Bonchev–Trinajstić information content (AvgIpc) is 2.97. The Morgan fingerprint density at radius 2 is 1.95 bits per heavy atom. The number of ether oxygens (including phenoxy) is 1. The zero-order valence-corrected chi connectivity index (χ0v) is 13.3. The van der Waals surface area contributed by atoms with Crippen LogP contribution in [0.1, 0.15) is 57.9 Å². The van der Waals surface area contributed by atoms with Gasteiger partial charge in [-0.25, -0.2) is 4.68 Å². The van der Waals surface area contributed by atoms with E-state index in [2.05, 4.69) is 59.0 Å². The van der Waals surface area contributed by atoms with E-state index in [1.807, 2.05) is 0 Å². The third kappa shape index (κ3) is 3.35. The van der Waals surface area contributed by atoms with Gasteiger partial charge in [-0.2, -0.15) is 0 Å². The predicted molar refractivity (Wildman–Crippen MR) is 82.1 cm³/mol. The second-order valence-electron chi connectivity index (χ2n) is 7.04.